The smallest absolute Gasteiger partial charge is 0.0471 e. The molecule has 0 radical (unpaired) electrons. The first kappa shape index (κ1) is 10.6. The maximum Gasteiger partial charge on any atom is 0.0471 e. The lowest BCUT2D eigenvalue weighted by atomic mass is 10.1. The van der Waals surface area contributed by atoms with Crippen LogP contribution >= 0.6 is 23.2 Å². The van der Waals surface area contributed by atoms with Crippen molar-refractivity contribution in [3.63, 3.8) is 0 Å². The summed E-state index contributed by atoms with van der Waals surface area (Å²) in [5.74, 6) is 0.591. The molecule has 0 aromatic heterocycles. The van der Waals surface area contributed by atoms with Crippen molar-refractivity contribution in [1.82, 2.24) is 0 Å². The molecule has 0 aliphatic carbocycles. The van der Waals surface area contributed by atoms with Crippen molar-refractivity contribution in [2.75, 3.05) is 5.88 Å². The highest BCUT2D eigenvalue weighted by Crippen LogP contribution is 2.10. The van der Waals surface area contributed by atoms with Gasteiger partial charge in [-0.2, -0.15) is 0 Å². The Balaban J connectivity index is 2.89. The lowest BCUT2D eigenvalue weighted by Gasteiger charge is -2.03. The van der Waals surface area contributed by atoms with E-state index in [-0.39, 0.29) is 5.38 Å². The molecule has 0 amide bonds. The Morgan fingerprint density at radius 3 is 2.40 bits per heavy atom. The second-order valence-corrected chi connectivity index (χ2v) is 3.53. The number of hydrogen-bond donors (Lipinski definition) is 0. The Kier molecular flexibility index (Phi) is 8.13. The Hall–Kier alpha value is 0.580. The largest absolute Gasteiger partial charge is 0.125 e. The topological polar surface area (TPSA) is 0 Å². The fourth-order valence-corrected chi connectivity index (χ4v) is 1.18. The van der Waals surface area contributed by atoms with Crippen LogP contribution in [0.5, 0.6) is 0 Å². The summed E-state index contributed by atoms with van der Waals surface area (Å²) in [5, 5.41) is 0.193. The quantitative estimate of drug-likeness (QED) is 0.434. The molecule has 0 nitrogen and oxygen atoms in total. The van der Waals surface area contributed by atoms with Crippen LogP contribution in [0, 0.1) is 0 Å². The van der Waals surface area contributed by atoms with Crippen LogP contribution in [0.15, 0.2) is 0 Å². The van der Waals surface area contributed by atoms with Crippen LogP contribution in [-0.4, -0.2) is 11.3 Å². The van der Waals surface area contributed by atoms with Gasteiger partial charge in [-0.05, 0) is 6.42 Å². The Morgan fingerprint density at radius 2 is 1.90 bits per heavy atom. The molecule has 62 valence electrons. The summed E-state index contributed by atoms with van der Waals surface area (Å²) >= 11 is 11.3. The zero-order valence-corrected chi connectivity index (χ0v) is 8.09. The van der Waals surface area contributed by atoms with E-state index in [4.69, 9.17) is 23.2 Å². The molecule has 0 aromatic rings. The highest BCUT2D eigenvalue weighted by Gasteiger charge is 2.00. The average molecular weight is 183 g/mol. The van der Waals surface area contributed by atoms with Gasteiger partial charge in [0.05, 0.1) is 0 Å². The average Bonchev–Trinajstić information content (AvgIpc) is 1.98. The third-order valence-corrected chi connectivity index (χ3v) is 2.44. The van der Waals surface area contributed by atoms with Gasteiger partial charge in [-0.1, -0.05) is 32.6 Å². The monoisotopic (exact) mass is 182 g/mol. The SMILES string of the molecule is CCCCCCC(Cl)CCl. The van der Waals surface area contributed by atoms with Crippen LogP contribution in [0.4, 0.5) is 0 Å². The van der Waals surface area contributed by atoms with Gasteiger partial charge in [0.1, 0.15) is 0 Å². The Labute approximate surface area is 73.9 Å². The van der Waals surface area contributed by atoms with Crippen LogP contribution < -0.4 is 0 Å². The number of hydrogen-bond acceptors (Lipinski definition) is 0. The van der Waals surface area contributed by atoms with Crippen LogP contribution in [0.25, 0.3) is 0 Å². The van der Waals surface area contributed by atoms with E-state index in [9.17, 15) is 0 Å². The molecule has 0 rings (SSSR count). The van der Waals surface area contributed by atoms with E-state index in [0.29, 0.717) is 5.88 Å². The Morgan fingerprint density at radius 1 is 1.20 bits per heavy atom. The van der Waals surface area contributed by atoms with Crippen molar-refractivity contribution in [1.29, 1.82) is 0 Å². The lowest BCUT2D eigenvalue weighted by Crippen LogP contribution is -1.98. The molecule has 1 unspecified atom stereocenters. The highest BCUT2D eigenvalue weighted by atomic mass is 35.5. The van der Waals surface area contributed by atoms with Crippen molar-refractivity contribution < 1.29 is 0 Å². The van der Waals surface area contributed by atoms with Gasteiger partial charge in [-0.15, -0.1) is 23.2 Å². The third-order valence-electron chi connectivity index (χ3n) is 1.54. The molecular formula is C8H16Cl2. The molecule has 1 atom stereocenters. The van der Waals surface area contributed by atoms with Crippen LogP contribution in [0.3, 0.4) is 0 Å². The van der Waals surface area contributed by atoms with Crippen LogP contribution in [0.2, 0.25) is 0 Å². The van der Waals surface area contributed by atoms with E-state index < -0.39 is 0 Å². The minimum Gasteiger partial charge on any atom is -0.125 e. The molecule has 0 N–H and O–H groups in total. The first-order chi connectivity index (χ1) is 4.81. The third kappa shape index (κ3) is 6.70. The summed E-state index contributed by atoms with van der Waals surface area (Å²) in [4.78, 5) is 0. The summed E-state index contributed by atoms with van der Waals surface area (Å²) in [5.41, 5.74) is 0. The predicted molar refractivity (Wildman–Crippen MR) is 49.1 cm³/mol. The summed E-state index contributed by atoms with van der Waals surface area (Å²) in [7, 11) is 0. The zero-order chi connectivity index (χ0) is 7.82. The van der Waals surface area contributed by atoms with Crippen molar-refractivity contribution in [2.45, 2.75) is 44.4 Å². The summed E-state index contributed by atoms with van der Waals surface area (Å²) < 4.78 is 0. The minimum absolute atomic E-state index is 0.193. The van der Waals surface area contributed by atoms with Gasteiger partial charge in [0, 0.05) is 11.3 Å². The highest BCUT2D eigenvalue weighted by molar-refractivity contribution is 6.28. The molecule has 0 aromatic carbocycles. The first-order valence-electron chi connectivity index (χ1n) is 4.01. The van der Waals surface area contributed by atoms with Gasteiger partial charge in [-0.25, -0.2) is 0 Å². The molecular weight excluding hydrogens is 167 g/mol. The van der Waals surface area contributed by atoms with E-state index in [0.717, 1.165) is 6.42 Å². The van der Waals surface area contributed by atoms with Gasteiger partial charge < -0.3 is 0 Å². The van der Waals surface area contributed by atoms with E-state index in [1.54, 1.807) is 0 Å². The molecule has 10 heavy (non-hydrogen) atoms. The van der Waals surface area contributed by atoms with Gasteiger partial charge in [0.2, 0.25) is 0 Å². The molecule has 0 aliphatic heterocycles. The van der Waals surface area contributed by atoms with E-state index in [1.165, 1.54) is 25.7 Å². The summed E-state index contributed by atoms with van der Waals surface area (Å²) in [6, 6.07) is 0. The molecule has 2 heteroatoms. The van der Waals surface area contributed by atoms with Gasteiger partial charge >= 0.3 is 0 Å². The number of alkyl halides is 2. The van der Waals surface area contributed by atoms with E-state index in [1.807, 2.05) is 0 Å². The minimum atomic E-state index is 0.193. The van der Waals surface area contributed by atoms with Crippen LogP contribution in [-0.2, 0) is 0 Å². The van der Waals surface area contributed by atoms with E-state index >= 15 is 0 Å². The van der Waals surface area contributed by atoms with Crippen molar-refractivity contribution in [2.24, 2.45) is 0 Å². The molecule has 0 saturated heterocycles. The normalized spacial score (nSPS) is 13.5. The molecule has 0 bridgehead atoms. The number of unbranched alkanes of at least 4 members (excludes halogenated alkanes) is 3. The summed E-state index contributed by atoms with van der Waals surface area (Å²) in [6.07, 6.45) is 6.22. The first-order valence-corrected chi connectivity index (χ1v) is 4.98. The summed E-state index contributed by atoms with van der Waals surface area (Å²) in [6.45, 7) is 2.21. The van der Waals surface area contributed by atoms with Gasteiger partial charge in [-0.3, -0.25) is 0 Å². The molecule has 0 spiro atoms. The second kappa shape index (κ2) is 7.68. The standard InChI is InChI=1S/C8H16Cl2/c1-2-3-4-5-6-8(10)7-9/h8H,2-7H2,1H3. The maximum atomic E-state index is 5.81. The second-order valence-electron chi connectivity index (χ2n) is 2.60. The number of halogens is 2. The van der Waals surface area contributed by atoms with E-state index in [2.05, 4.69) is 6.92 Å². The molecule has 0 aliphatic rings. The maximum absolute atomic E-state index is 5.81. The molecule has 0 saturated carbocycles. The van der Waals surface area contributed by atoms with Crippen molar-refractivity contribution in [3.05, 3.63) is 0 Å². The van der Waals surface area contributed by atoms with Crippen molar-refractivity contribution in [3.8, 4) is 0 Å². The fraction of sp³-hybridized carbons (Fsp3) is 1.00. The predicted octanol–water partition coefficient (Wildman–Crippen LogP) is 3.80. The zero-order valence-electron chi connectivity index (χ0n) is 6.58. The number of rotatable bonds is 6. The van der Waals surface area contributed by atoms with Gasteiger partial charge in [0.15, 0.2) is 0 Å². The molecule has 0 heterocycles. The Bertz CT molecular complexity index is 64.3. The fourth-order valence-electron chi connectivity index (χ4n) is 0.870. The lowest BCUT2D eigenvalue weighted by molar-refractivity contribution is 0.629. The van der Waals surface area contributed by atoms with Crippen LogP contribution in [0.1, 0.15) is 39.0 Å². The van der Waals surface area contributed by atoms with Gasteiger partial charge in [0.25, 0.3) is 0 Å². The van der Waals surface area contributed by atoms with Crippen molar-refractivity contribution >= 4 is 23.2 Å². The molecule has 0 fully saturated rings.